The molecule has 0 amide bonds. The fourth-order valence-corrected chi connectivity index (χ4v) is 1.92. The Morgan fingerprint density at radius 3 is 2.80 bits per heavy atom. The minimum Gasteiger partial charge on any atom is -0.396 e. The van der Waals surface area contributed by atoms with Crippen LogP contribution in [0.3, 0.4) is 0 Å². The van der Waals surface area contributed by atoms with E-state index in [1.165, 1.54) is 12.8 Å². The summed E-state index contributed by atoms with van der Waals surface area (Å²) in [6.45, 7) is 4.28. The molecule has 82 valence electrons. The van der Waals surface area contributed by atoms with Crippen LogP contribution in [0.2, 0.25) is 0 Å². The summed E-state index contributed by atoms with van der Waals surface area (Å²) in [5.74, 6) is 1.76. The Labute approximate surface area is 91.3 Å². The van der Waals surface area contributed by atoms with Gasteiger partial charge in [-0.05, 0) is 44.2 Å². The molecule has 1 heterocycles. The van der Waals surface area contributed by atoms with Gasteiger partial charge in [0, 0.05) is 19.3 Å². The van der Waals surface area contributed by atoms with Gasteiger partial charge in [-0.25, -0.2) is 4.98 Å². The lowest BCUT2D eigenvalue weighted by Gasteiger charge is -2.27. The van der Waals surface area contributed by atoms with Gasteiger partial charge in [0.1, 0.15) is 0 Å². The average molecular weight is 205 g/mol. The van der Waals surface area contributed by atoms with Gasteiger partial charge in [-0.2, -0.15) is 0 Å². The Balaban J connectivity index is 2.24. The maximum absolute atomic E-state index is 6.04. The van der Waals surface area contributed by atoms with Crippen molar-refractivity contribution in [1.82, 2.24) is 4.98 Å². The van der Waals surface area contributed by atoms with Crippen molar-refractivity contribution in [2.45, 2.75) is 32.7 Å². The van der Waals surface area contributed by atoms with Crippen molar-refractivity contribution in [2.75, 3.05) is 17.7 Å². The smallest absolute Gasteiger partial charge is 0.152 e. The van der Waals surface area contributed by atoms with Crippen LogP contribution in [0.15, 0.2) is 12.3 Å². The molecule has 1 aromatic heterocycles. The number of aromatic nitrogens is 1. The van der Waals surface area contributed by atoms with E-state index in [1.54, 1.807) is 0 Å². The topological polar surface area (TPSA) is 42.2 Å². The summed E-state index contributed by atoms with van der Waals surface area (Å²) < 4.78 is 0. The molecule has 1 fully saturated rings. The van der Waals surface area contributed by atoms with Gasteiger partial charge < -0.3 is 10.6 Å². The first-order chi connectivity index (χ1) is 7.11. The Kier molecular flexibility index (Phi) is 2.55. The lowest BCUT2D eigenvalue weighted by Crippen LogP contribution is -2.32. The number of hydrogen-bond donors (Lipinski definition) is 1. The molecule has 1 aromatic rings. The third kappa shape index (κ3) is 1.91. The third-order valence-electron chi connectivity index (χ3n) is 3.44. The minimum absolute atomic E-state index is 0.543. The summed E-state index contributed by atoms with van der Waals surface area (Å²) in [5.41, 5.74) is 7.96. The van der Waals surface area contributed by atoms with Crippen LogP contribution in [0.5, 0.6) is 0 Å². The monoisotopic (exact) mass is 205 g/mol. The van der Waals surface area contributed by atoms with Crippen molar-refractivity contribution in [1.29, 1.82) is 0 Å². The number of nitrogens with zero attached hydrogens (tertiary/aromatic N) is 2. The van der Waals surface area contributed by atoms with E-state index in [1.807, 2.05) is 19.2 Å². The van der Waals surface area contributed by atoms with Crippen LogP contribution in [0.25, 0.3) is 0 Å². The van der Waals surface area contributed by atoms with Crippen LogP contribution in [-0.2, 0) is 0 Å². The average Bonchev–Trinajstić information content (AvgIpc) is 3.03. The first-order valence-corrected chi connectivity index (χ1v) is 5.55. The molecule has 2 rings (SSSR count). The van der Waals surface area contributed by atoms with Gasteiger partial charge in [-0.3, -0.25) is 0 Å². The van der Waals surface area contributed by atoms with E-state index >= 15 is 0 Å². The summed E-state index contributed by atoms with van der Waals surface area (Å²) in [6.07, 6.45) is 4.52. The predicted octanol–water partition coefficient (Wildman–Crippen LogP) is 2.21. The molecule has 0 radical (unpaired) electrons. The van der Waals surface area contributed by atoms with Crippen LogP contribution in [0.4, 0.5) is 11.5 Å². The Bertz CT molecular complexity index is 358. The quantitative estimate of drug-likeness (QED) is 0.822. The maximum atomic E-state index is 6.04. The SMILES string of the molecule is Cc1ccnc(N(C)C(C)C2CC2)c1N. The number of rotatable bonds is 3. The molecule has 3 heteroatoms. The van der Waals surface area contributed by atoms with Crippen LogP contribution in [0.1, 0.15) is 25.3 Å². The summed E-state index contributed by atoms with van der Waals surface area (Å²) in [5, 5.41) is 0. The van der Waals surface area contributed by atoms with E-state index in [-0.39, 0.29) is 0 Å². The minimum atomic E-state index is 0.543. The van der Waals surface area contributed by atoms with Gasteiger partial charge in [0.25, 0.3) is 0 Å². The summed E-state index contributed by atoms with van der Waals surface area (Å²) in [6, 6.07) is 2.50. The van der Waals surface area contributed by atoms with Gasteiger partial charge in [0.05, 0.1) is 5.69 Å². The zero-order valence-electron chi connectivity index (χ0n) is 9.70. The molecule has 0 saturated heterocycles. The molecule has 2 N–H and O–H groups in total. The van der Waals surface area contributed by atoms with E-state index in [9.17, 15) is 0 Å². The van der Waals surface area contributed by atoms with Gasteiger partial charge in [-0.1, -0.05) is 0 Å². The highest BCUT2D eigenvalue weighted by atomic mass is 15.2. The largest absolute Gasteiger partial charge is 0.396 e. The molecule has 0 bridgehead atoms. The van der Waals surface area contributed by atoms with Crippen LogP contribution < -0.4 is 10.6 Å². The standard InChI is InChI=1S/C12H19N3/c1-8-6-7-14-12(11(8)13)15(3)9(2)10-4-5-10/h6-7,9-10H,4-5,13H2,1-3H3. The summed E-state index contributed by atoms with van der Waals surface area (Å²) in [7, 11) is 2.08. The molecule has 0 aromatic carbocycles. The predicted molar refractivity (Wildman–Crippen MR) is 64.0 cm³/mol. The second kappa shape index (κ2) is 3.72. The van der Waals surface area contributed by atoms with Crippen molar-refractivity contribution >= 4 is 11.5 Å². The van der Waals surface area contributed by atoms with Crippen LogP contribution in [0, 0.1) is 12.8 Å². The number of aryl methyl sites for hydroxylation is 1. The zero-order chi connectivity index (χ0) is 11.0. The van der Waals surface area contributed by atoms with Gasteiger partial charge in [0.2, 0.25) is 0 Å². The van der Waals surface area contributed by atoms with Crippen molar-refractivity contribution in [3.05, 3.63) is 17.8 Å². The first-order valence-electron chi connectivity index (χ1n) is 5.55. The number of pyridine rings is 1. The molecule has 0 aliphatic heterocycles. The molecule has 1 aliphatic rings. The number of nitrogens with two attached hydrogens (primary N) is 1. The summed E-state index contributed by atoms with van der Waals surface area (Å²) in [4.78, 5) is 6.58. The molecule has 3 nitrogen and oxygen atoms in total. The zero-order valence-corrected chi connectivity index (χ0v) is 9.70. The molecule has 15 heavy (non-hydrogen) atoms. The fourth-order valence-electron chi connectivity index (χ4n) is 1.92. The second-order valence-electron chi connectivity index (χ2n) is 4.55. The van der Waals surface area contributed by atoms with Crippen molar-refractivity contribution in [2.24, 2.45) is 5.92 Å². The Hall–Kier alpha value is -1.25. The molecular weight excluding hydrogens is 186 g/mol. The highest BCUT2D eigenvalue weighted by Gasteiger charge is 2.31. The van der Waals surface area contributed by atoms with E-state index in [0.717, 1.165) is 23.0 Å². The van der Waals surface area contributed by atoms with Crippen molar-refractivity contribution in [3.8, 4) is 0 Å². The van der Waals surface area contributed by atoms with E-state index in [4.69, 9.17) is 5.73 Å². The highest BCUT2D eigenvalue weighted by Crippen LogP contribution is 2.37. The molecule has 1 saturated carbocycles. The molecule has 1 unspecified atom stereocenters. The van der Waals surface area contributed by atoms with Crippen molar-refractivity contribution in [3.63, 3.8) is 0 Å². The Morgan fingerprint density at radius 1 is 1.53 bits per heavy atom. The molecule has 1 aliphatic carbocycles. The highest BCUT2D eigenvalue weighted by molar-refractivity contribution is 5.66. The Morgan fingerprint density at radius 2 is 2.20 bits per heavy atom. The molecule has 0 spiro atoms. The lowest BCUT2D eigenvalue weighted by atomic mass is 10.1. The molecule has 1 atom stereocenters. The van der Waals surface area contributed by atoms with Gasteiger partial charge >= 0.3 is 0 Å². The first kappa shape index (κ1) is 10.3. The fraction of sp³-hybridized carbons (Fsp3) is 0.583. The van der Waals surface area contributed by atoms with E-state index in [2.05, 4.69) is 23.9 Å². The maximum Gasteiger partial charge on any atom is 0.152 e. The van der Waals surface area contributed by atoms with Gasteiger partial charge in [0.15, 0.2) is 5.82 Å². The summed E-state index contributed by atoms with van der Waals surface area (Å²) >= 11 is 0. The molecular formula is C12H19N3. The van der Waals surface area contributed by atoms with E-state index < -0.39 is 0 Å². The number of hydrogen-bond acceptors (Lipinski definition) is 3. The normalized spacial score (nSPS) is 17.5. The van der Waals surface area contributed by atoms with Crippen LogP contribution in [-0.4, -0.2) is 18.1 Å². The third-order valence-corrected chi connectivity index (χ3v) is 3.44. The van der Waals surface area contributed by atoms with Crippen LogP contribution >= 0.6 is 0 Å². The number of nitrogen functional groups attached to an aromatic ring is 1. The van der Waals surface area contributed by atoms with Crippen molar-refractivity contribution < 1.29 is 0 Å². The number of anilines is 2. The van der Waals surface area contributed by atoms with Gasteiger partial charge in [-0.15, -0.1) is 0 Å². The lowest BCUT2D eigenvalue weighted by molar-refractivity contribution is 0.604. The van der Waals surface area contributed by atoms with E-state index in [0.29, 0.717) is 6.04 Å². The second-order valence-corrected chi connectivity index (χ2v) is 4.55.